The van der Waals surface area contributed by atoms with Gasteiger partial charge in [0.1, 0.15) is 5.76 Å². The smallest absolute Gasteiger partial charge is 0.159 e. The number of para-hydroxylation sites is 1. The van der Waals surface area contributed by atoms with Crippen LogP contribution in [0.3, 0.4) is 0 Å². The number of aromatic nitrogens is 1. The summed E-state index contributed by atoms with van der Waals surface area (Å²) >= 11 is 0. The third-order valence-corrected chi connectivity index (χ3v) is 7.92. The highest BCUT2D eigenvalue weighted by Crippen LogP contribution is 2.54. The lowest BCUT2D eigenvalue weighted by molar-refractivity contribution is 0.466. The van der Waals surface area contributed by atoms with Crippen LogP contribution >= 0.6 is 0 Å². The predicted octanol–water partition coefficient (Wildman–Crippen LogP) is 8.99. The van der Waals surface area contributed by atoms with Gasteiger partial charge in [-0.25, -0.2) is 0 Å². The van der Waals surface area contributed by atoms with E-state index in [1.54, 1.807) is 0 Å². The summed E-state index contributed by atoms with van der Waals surface area (Å²) < 4.78 is 9.27. The Morgan fingerprint density at radius 3 is 2.31 bits per heavy atom. The van der Waals surface area contributed by atoms with Gasteiger partial charge < -0.3 is 8.98 Å². The summed E-state index contributed by atoms with van der Waals surface area (Å²) in [6, 6.07) is 37.2. The van der Waals surface area contributed by atoms with E-state index in [1.165, 1.54) is 49.1 Å². The average Bonchev–Trinajstić information content (AvgIpc) is 3.51. The molecule has 2 heteroatoms. The molecular formula is C33H23NO. The quantitative estimate of drug-likeness (QED) is 0.244. The summed E-state index contributed by atoms with van der Waals surface area (Å²) in [6.07, 6.45) is 0. The van der Waals surface area contributed by atoms with Gasteiger partial charge in [0.2, 0.25) is 0 Å². The molecule has 0 atom stereocenters. The lowest BCUT2D eigenvalue weighted by Crippen LogP contribution is -2.14. The lowest BCUT2D eigenvalue weighted by atomic mass is 9.86. The summed E-state index contributed by atoms with van der Waals surface area (Å²) in [6.45, 7) is 4.55. The van der Waals surface area contributed by atoms with E-state index in [-0.39, 0.29) is 5.41 Å². The van der Waals surface area contributed by atoms with Gasteiger partial charge in [-0.1, -0.05) is 78.9 Å². The van der Waals surface area contributed by atoms with Crippen molar-refractivity contribution < 1.29 is 4.42 Å². The number of hydrogen-bond donors (Lipinski definition) is 0. The van der Waals surface area contributed by atoms with Gasteiger partial charge in [-0.05, 0) is 60.0 Å². The van der Waals surface area contributed by atoms with Crippen LogP contribution in [0.4, 0.5) is 0 Å². The second-order valence-corrected chi connectivity index (χ2v) is 10.2. The van der Waals surface area contributed by atoms with Gasteiger partial charge in [0.25, 0.3) is 0 Å². The zero-order valence-corrected chi connectivity index (χ0v) is 19.7. The first kappa shape index (κ1) is 19.1. The molecule has 0 fully saturated rings. The molecule has 0 radical (unpaired) electrons. The maximum absolute atomic E-state index is 6.88. The van der Waals surface area contributed by atoms with Crippen molar-refractivity contribution in [1.29, 1.82) is 0 Å². The molecule has 1 aliphatic carbocycles. The first-order chi connectivity index (χ1) is 17.1. The number of benzene rings is 5. The Balaban J connectivity index is 1.55. The van der Waals surface area contributed by atoms with Crippen LogP contribution in [0.25, 0.3) is 60.4 Å². The molecule has 1 aliphatic rings. The van der Waals surface area contributed by atoms with Crippen LogP contribution < -0.4 is 0 Å². The molecule has 8 rings (SSSR count). The molecule has 0 saturated heterocycles. The summed E-state index contributed by atoms with van der Waals surface area (Å²) in [5.74, 6) is 1.07. The topological polar surface area (TPSA) is 18.1 Å². The molecular weight excluding hydrogens is 426 g/mol. The molecule has 0 saturated carbocycles. The minimum absolute atomic E-state index is 0.170. The van der Waals surface area contributed by atoms with E-state index in [0.717, 1.165) is 22.5 Å². The van der Waals surface area contributed by atoms with E-state index in [1.807, 2.05) is 0 Å². The van der Waals surface area contributed by atoms with Crippen LogP contribution in [-0.2, 0) is 5.41 Å². The number of fused-ring (bicyclic) bond motifs is 10. The van der Waals surface area contributed by atoms with Crippen LogP contribution in [0.5, 0.6) is 0 Å². The Morgan fingerprint density at radius 1 is 0.657 bits per heavy atom. The second kappa shape index (κ2) is 6.43. The Hall–Kier alpha value is -4.30. The molecule has 2 heterocycles. The molecule has 0 unspecified atom stereocenters. The van der Waals surface area contributed by atoms with Crippen molar-refractivity contribution in [1.82, 2.24) is 4.57 Å². The maximum Gasteiger partial charge on any atom is 0.159 e. The third kappa shape index (κ3) is 2.34. The standard InChI is InChI=1S/C33H23NO/c1-33(2)27-13-7-5-12-25(27)29-26-18-17-24-23-11-6-8-14-28(23)34(30(24)31(26)35-32(29)33)22-16-15-20-9-3-4-10-21(20)19-22/h3-19H,1-2H3. The van der Waals surface area contributed by atoms with E-state index in [2.05, 4.69) is 122 Å². The average molecular weight is 450 g/mol. The first-order valence-corrected chi connectivity index (χ1v) is 12.2. The Morgan fingerprint density at radius 2 is 1.40 bits per heavy atom. The highest BCUT2D eigenvalue weighted by Gasteiger charge is 2.40. The Kier molecular flexibility index (Phi) is 3.50. The first-order valence-electron chi connectivity index (χ1n) is 12.2. The molecule has 7 aromatic rings. The molecule has 166 valence electrons. The van der Waals surface area contributed by atoms with Crippen molar-refractivity contribution in [3.63, 3.8) is 0 Å². The van der Waals surface area contributed by atoms with Gasteiger partial charge in [-0.3, -0.25) is 0 Å². The van der Waals surface area contributed by atoms with E-state index in [4.69, 9.17) is 4.42 Å². The summed E-state index contributed by atoms with van der Waals surface area (Å²) in [5.41, 5.74) is 8.17. The number of nitrogens with zero attached hydrogens (tertiary/aromatic N) is 1. The number of rotatable bonds is 1. The SMILES string of the molecule is CC1(C)c2ccccc2-c2c1oc1c2ccc2c3ccccc3n(-c3ccc4ccccc4c3)c21. The molecule has 2 nitrogen and oxygen atoms in total. The van der Waals surface area contributed by atoms with Gasteiger partial charge in [0, 0.05) is 32.8 Å². The molecule has 0 spiro atoms. The van der Waals surface area contributed by atoms with Crippen LogP contribution in [0, 0.1) is 0 Å². The predicted molar refractivity (Wildman–Crippen MR) is 146 cm³/mol. The van der Waals surface area contributed by atoms with Crippen LogP contribution in [0.2, 0.25) is 0 Å². The largest absolute Gasteiger partial charge is 0.457 e. The van der Waals surface area contributed by atoms with Crippen LogP contribution in [0.15, 0.2) is 108 Å². The van der Waals surface area contributed by atoms with Gasteiger partial charge >= 0.3 is 0 Å². The van der Waals surface area contributed by atoms with Gasteiger partial charge in [-0.2, -0.15) is 0 Å². The second-order valence-electron chi connectivity index (χ2n) is 10.2. The van der Waals surface area contributed by atoms with Crippen molar-refractivity contribution in [2.45, 2.75) is 19.3 Å². The molecule has 5 aromatic carbocycles. The van der Waals surface area contributed by atoms with E-state index < -0.39 is 0 Å². The van der Waals surface area contributed by atoms with E-state index >= 15 is 0 Å². The fraction of sp³-hybridized carbons (Fsp3) is 0.0909. The Bertz CT molecular complexity index is 1980. The van der Waals surface area contributed by atoms with E-state index in [9.17, 15) is 0 Å². The van der Waals surface area contributed by atoms with Gasteiger partial charge in [0.05, 0.1) is 11.0 Å². The monoisotopic (exact) mass is 449 g/mol. The van der Waals surface area contributed by atoms with Crippen LogP contribution in [0.1, 0.15) is 25.2 Å². The highest BCUT2D eigenvalue weighted by atomic mass is 16.3. The van der Waals surface area contributed by atoms with Crippen molar-refractivity contribution in [2.75, 3.05) is 0 Å². The molecule has 0 N–H and O–H groups in total. The molecule has 0 amide bonds. The fourth-order valence-corrected chi connectivity index (χ4v) is 6.26. The van der Waals surface area contributed by atoms with Crippen molar-refractivity contribution in [3.8, 4) is 16.8 Å². The lowest BCUT2D eigenvalue weighted by Gasteiger charge is -2.18. The molecule has 35 heavy (non-hydrogen) atoms. The minimum Gasteiger partial charge on any atom is -0.457 e. The normalized spacial score (nSPS) is 14.2. The Labute approximate surface area is 203 Å². The summed E-state index contributed by atoms with van der Waals surface area (Å²) in [5, 5.41) is 6.14. The van der Waals surface area contributed by atoms with Crippen LogP contribution in [-0.4, -0.2) is 4.57 Å². The molecule has 2 aromatic heterocycles. The van der Waals surface area contributed by atoms with Gasteiger partial charge in [-0.15, -0.1) is 0 Å². The molecule has 0 aliphatic heterocycles. The van der Waals surface area contributed by atoms with Gasteiger partial charge in [0.15, 0.2) is 5.58 Å². The zero-order valence-electron chi connectivity index (χ0n) is 19.7. The van der Waals surface area contributed by atoms with Crippen molar-refractivity contribution >= 4 is 43.5 Å². The number of furan rings is 1. The maximum atomic E-state index is 6.88. The summed E-state index contributed by atoms with van der Waals surface area (Å²) in [7, 11) is 0. The van der Waals surface area contributed by atoms with Crippen molar-refractivity contribution in [2.24, 2.45) is 0 Å². The minimum atomic E-state index is -0.170. The van der Waals surface area contributed by atoms with Crippen molar-refractivity contribution in [3.05, 3.63) is 114 Å². The fourth-order valence-electron chi connectivity index (χ4n) is 6.26. The van der Waals surface area contributed by atoms with E-state index in [0.29, 0.717) is 0 Å². The number of hydrogen-bond acceptors (Lipinski definition) is 1. The molecule has 0 bridgehead atoms. The highest BCUT2D eigenvalue weighted by molar-refractivity contribution is 6.20. The third-order valence-electron chi connectivity index (χ3n) is 7.92. The zero-order chi connectivity index (χ0) is 23.3. The summed E-state index contributed by atoms with van der Waals surface area (Å²) in [4.78, 5) is 0.